The molecule has 0 amide bonds. The summed E-state index contributed by atoms with van der Waals surface area (Å²) < 4.78 is 11.8. The van der Waals surface area contributed by atoms with Gasteiger partial charge in [0.2, 0.25) is 5.89 Å². The molecule has 4 rings (SSSR count). The molecule has 2 N–H and O–H groups in total. The van der Waals surface area contributed by atoms with Crippen molar-refractivity contribution >= 4 is 5.96 Å². The average molecular weight is 433 g/mol. The molecule has 0 bridgehead atoms. The number of aromatic nitrogens is 1. The van der Waals surface area contributed by atoms with Gasteiger partial charge in [-0.3, -0.25) is 0 Å². The lowest BCUT2D eigenvalue weighted by atomic mass is 9.89. The number of benzene rings is 2. The van der Waals surface area contributed by atoms with Crippen LogP contribution in [0.4, 0.5) is 0 Å². The normalized spacial score (nSPS) is 19.0. The number of guanidine groups is 1. The molecule has 0 spiro atoms. The summed E-state index contributed by atoms with van der Waals surface area (Å²) in [5.74, 6) is 1.80. The average Bonchev–Trinajstić information content (AvgIpc) is 3.31. The molecule has 6 nitrogen and oxygen atoms in total. The Bertz CT molecular complexity index is 998. The van der Waals surface area contributed by atoms with Crippen LogP contribution in [0.25, 0.3) is 11.5 Å². The van der Waals surface area contributed by atoms with E-state index in [1.807, 2.05) is 18.2 Å². The summed E-state index contributed by atoms with van der Waals surface area (Å²) in [7, 11) is 0. The zero-order chi connectivity index (χ0) is 22.2. The summed E-state index contributed by atoms with van der Waals surface area (Å²) in [4.78, 5) is 9.31. The maximum atomic E-state index is 6.13. The van der Waals surface area contributed by atoms with Crippen LogP contribution in [0.2, 0.25) is 0 Å². The van der Waals surface area contributed by atoms with E-state index in [1.54, 1.807) is 6.26 Å². The predicted molar refractivity (Wildman–Crippen MR) is 127 cm³/mol. The van der Waals surface area contributed by atoms with Crippen LogP contribution in [0.1, 0.15) is 42.7 Å². The van der Waals surface area contributed by atoms with Gasteiger partial charge in [0, 0.05) is 31.2 Å². The highest BCUT2D eigenvalue weighted by Gasteiger charge is 2.27. The van der Waals surface area contributed by atoms with Crippen molar-refractivity contribution in [3.63, 3.8) is 0 Å². The number of ether oxygens (including phenoxy) is 1. The number of nitrogens with one attached hydrogen (secondary N) is 2. The summed E-state index contributed by atoms with van der Waals surface area (Å²) in [5.41, 5.74) is 4.23. The summed E-state index contributed by atoms with van der Waals surface area (Å²) >= 11 is 0. The minimum absolute atomic E-state index is 0.118. The summed E-state index contributed by atoms with van der Waals surface area (Å²) in [6.07, 6.45) is 4.02. The van der Waals surface area contributed by atoms with Crippen LogP contribution in [0.3, 0.4) is 0 Å². The highest BCUT2D eigenvalue weighted by molar-refractivity contribution is 5.79. The molecular weight excluding hydrogens is 400 g/mol. The predicted octanol–water partition coefficient (Wildman–Crippen LogP) is 4.87. The second-order valence-corrected chi connectivity index (χ2v) is 8.19. The van der Waals surface area contributed by atoms with Crippen LogP contribution < -0.4 is 10.6 Å². The fourth-order valence-electron chi connectivity index (χ4n) is 4.00. The number of nitrogens with zero attached hydrogens (tertiary/aromatic N) is 2. The van der Waals surface area contributed by atoms with Gasteiger partial charge in [-0.1, -0.05) is 48.0 Å². The lowest BCUT2D eigenvalue weighted by Gasteiger charge is -2.32. The summed E-state index contributed by atoms with van der Waals surface area (Å²) in [6.45, 7) is 7.00. The Morgan fingerprint density at radius 2 is 1.91 bits per heavy atom. The van der Waals surface area contributed by atoms with Crippen molar-refractivity contribution in [3.8, 4) is 11.5 Å². The Morgan fingerprint density at radius 3 is 2.69 bits per heavy atom. The molecular formula is C26H32N4O2. The fourth-order valence-corrected chi connectivity index (χ4v) is 4.00. The molecule has 168 valence electrons. The lowest BCUT2D eigenvalue weighted by molar-refractivity contribution is -0.0265. The van der Waals surface area contributed by atoms with Crippen LogP contribution >= 0.6 is 0 Å². The second kappa shape index (κ2) is 11.0. The largest absolute Gasteiger partial charge is 0.444 e. The molecule has 2 heterocycles. The van der Waals surface area contributed by atoms with Crippen molar-refractivity contribution < 1.29 is 9.15 Å². The molecule has 2 aromatic carbocycles. The standard InChI is InChI=1S/C26H32N4O2/c1-3-27-26(28-16-22-10-7-15-31-24(22)20-8-5-4-6-9-20)29-17-23-18-32-25(30-23)21-13-11-19(2)12-14-21/h4-6,8-9,11-14,18,22,24H,3,7,10,15-17H2,1-2H3,(H2,27,28,29). The van der Waals surface area contributed by atoms with E-state index < -0.39 is 0 Å². The van der Waals surface area contributed by atoms with Gasteiger partial charge in [0.15, 0.2) is 5.96 Å². The van der Waals surface area contributed by atoms with E-state index in [0.29, 0.717) is 18.4 Å². The van der Waals surface area contributed by atoms with Gasteiger partial charge in [-0.05, 0) is 44.4 Å². The highest BCUT2D eigenvalue weighted by atomic mass is 16.5. The van der Waals surface area contributed by atoms with E-state index >= 15 is 0 Å². The summed E-state index contributed by atoms with van der Waals surface area (Å²) in [6, 6.07) is 18.7. The number of aliphatic imine (C=N–C) groups is 1. The SMILES string of the molecule is CCNC(=NCc1coc(-c2ccc(C)cc2)n1)NCC1CCCOC1c1ccccc1. The third-order valence-electron chi connectivity index (χ3n) is 5.70. The Hall–Kier alpha value is -3.12. The molecule has 0 aliphatic carbocycles. The Kier molecular flexibility index (Phi) is 7.56. The van der Waals surface area contributed by atoms with E-state index in [2.05, 4.69) is 65.9 Å². The quantitative estimate of drug-likeness (QED) is 0.412. The maximum Gasteiger partial charge on any atom is 0.226 e. The minimum Gasteiger partial charge on any atom is -0.444 e. The summed E-state index contributed by atoms with van der Waals surface area (Å²) in [5, 5.41) is 6.84. The smallest absolute Gasteiger partial charge is 0.226 e. The van der Waals surface area contributed by atoms with Gasteiger partial charge in [0.25, 0.3) is 0 Å². The Morgan fingerprint density at radius 1 is 1.09 bits per heavy atom. The molecule has 1 aliphatic rings. The maximum absolute atomic E-state index is 6.13. The number of hydrogen-bond donors (Lipinski definition) is 2. The molecule has 1 fully saturated rings. The van der Waals surface area contributed by atoms with E-state index in [-0.39, 0.29) is 6.10 Å². The van der Waals surface area contributed by atoms with Crippen molar-refractivity contribution in [3.05, 3.63) is 77.7 Å². The molecule has 1 aromatic heterocycles. The Labute approximate surface area is 190 Å². The molecule has 6 heteroatoms. The van der Waals surface area contributed by atoms with E-state index in [9.17, 15) is 0 Å². The minimum atomic E-state index is 0.118. The van der Waals surface area contributed by atoms with Crippen molar-refractivity contribution in [2.45, 2.75) is 39.3 Å². The Balaban J connectivity index is 1.38. The zero-order valence-corrected chi connectivity index (χ0v) is 18.9. The van der Waals surface area contributed by atoms with Crippen molar-refractivity contribution in [2.24, 2.45) is 10.9 Å². The van der Waals surface area contributed by atoms with Gasteiger partial charge < -0.3 is 19.8 Å². The van der Waals surface area contributed by atoms with Crippen LogP contribution in [0.5, 0.6) is 0 Å². The van der Waals surface area contributed by atoms with Crippen molar-refractivity contribution in [1.29, 1.82) is 0 Å². The molecule has 2 atom stereocenters. The molecule has 2 unspecified atom stereocenters. The molecule has 0 radical (unpaired) electrons. The molecule has 32 heavy (non-hydrogen) atoms. The number of hydrogen-bond acceptors (Lipinski definition) is 4. The zero-order valence-electron chi connectivity index (χ0n) is 18.9. The van der Waals surface area contributed by atoms with E-state index in [1.165, 1.54) is 11.1 Å². The lowest BCUT2D eigenvalue weighted by Crippen LogP contribution is -2.42. The number of oxazole rings is 1. The van der Waals surface area contributed by atoms with Gasteiger partial charge in [0.1, 0.15) is 12.0 Å². The monoisotopic (exact) mass is 432 g/mol. The van der Waals surface area contributed by atoms with Crippen molar-refractivity contribution in [2.75, 3.05) is 19.7 Å². The second-order valence-electron chi connectivity index (χ2n) is 8.19. The van der Waals surface area contributed by atoms with Gasteiger partial charge in [-0.2, -0.15) is 0 Å². The first kappa shape index (κ1) is 22.1. The van der Waals surface area contributed by atoms with E-state index in [4.69, 9.17) is 14.1 Å². The van der Waals surface area contributed by atoms with E-state index in [0.717, 1.165) is 49.8 Å². The topological polar surface area (TPSA) is 71.7 Å². The van der Waals surface area contributed by atoms with Crippen LogP contribution in [-0.2, 0) is 11.3 Å². The van der Waals surface area contributed by atoms with Gasteiger partial charge in [-0.15, -0.1) is 0 Å². The molecule has 0 saturated carbocycles. The van der Waals surface area contributed by atoms with Crippen LogP contribution in [0.15, 0.2) is 70.3 Å². The highest BCUT2D eigenvalue weighted by Crippen LogP contribution is 2.33. The van der Waals surface area contributed by atoms with Crippen LogP contribution in [-0.4, -0.2) is 30.6 Å². The first-order valence-electron chi connectivity index (χ1n) is 11.4. The van der Waals surface area contributed by atoms with Gasteiger partial charge in [-0.25, -0.2) is 9.98 Å². The van der Waals surface area contributed by atoms with Crippen molar-refractivity contribution in [1.82, 2.24) is 15.6 Å². The van der Waals surface area contributed by atoms with Gasteiger partial charge in [0.05, 0.1) is 12.6 Å². The first-order valence-corrected chi connectivity index (χ1v) is 11.4. The first-order chi connectivity index (χ1) is 15.7. The third kappa shape index (κ3) is 5.77. The molecule has 1 aliphatic heterocycles. The van der Waals surface area contributed by atoms with Crippen LogP contribution in [0, 0.1) is 12.8 Å². The third-order valence-corrected chi connectivity index (χ3v) is 5.70. The van der Waals surface area contributed by atoms with Gasteiger partial charge >= 0.3 is 0 Å². The molecule has 3 aromatic rings. The fraction of sp³-hybridized carbons (Fsp3) is 0.385. The molecule has 1 saturated heterocycles. The number of rotatable bonds is 7. The number of aryl methyl sites for hydroxylation is 1.